The van der Waals surface area contributed by atoms with Crippen LogP contribution >= 0.6 is 23.5 Å². The van der Waals surface area contributed by atoms with Gasteiger partial charge in [-0.1, -0.05) is 105 Å². The van der Waals surface area contributed by atoms with E-state index in [1.54, 1.807) is 7.11 Å². The minimum absolute atomic E-state index is 0.0297. The number of hydrogen-bond acceptors (Lipinski definition) is 8. The Kier molecular flexibility index (Phi) is 16.9. The summed E-state index contributed by atoms with van der Waals surface area (Å²) in [6.07, 6.45) is 3.02. The largest absolute Gasteiger partial charge is 0.497 e. The van der Waals surface area contributed by atoms with E-state index >= 15 is 0 Å². The predicted octanol–water partition coefficient (Wildman–Crippen LogP) is 11.8. The molecule has 53 heavy (non-hydrogen) atoms. The Morgan fingerprint density at radius 3 is 1.81 bits per heavy atom. The molecule has 1 heterocycles. The molecule has 2 aromatic rings. The summed E-state index contributed by atoms with van der Waals surface area (Å²) < 4.78 is 32.8. The second-order valence-electron chi connectivity index (χ2n) is 18.5. The van der Waals surface area contributed by atoms with Crippen molar-refractivity contribution in [1.29, 1.82) is 0 Å². The topological polar surface area (TPSA) is 63.2 Å². The van der Waals surface area contributed by atoms with E-state index in [1.165, 1.54) is 5.56 Å². The third kappa shape index (κ3) is 12.4. The van der Waals surface area contributed by atoms with Crippen LogP contribution in [0.3, 0.4) is 0 Å². The molecule has 0 unspecified atom stereocenters. The number of rotatable bonds is 20. The van der Waals surface area contributed by atoms with Crippen LogP contribution in [0.25, 0.3) is 0 Å². The molecule has 1 aliphatic rings. The van der Waals surface area contributed by atoms with Crippen molar-refractivity contribution < 1.29 is 27.9 Å². The molecule has 300 valence electrons. The lowest BCUT2D eigenvalue weighted by molar-refractivity contribution is -0.128. The van der Waals surface area contributed by atoms with Crippen LogP contribution in [-0.4, -0.2) is 70.5 Å². The first-order chi connectivity index (χ1) is 24.6. The van der Waals surface area contributed by atoms with Gasteiger partial charge in [-0.3, -0.25) is 0 Å². The van der Waals surface area contributed by atoms with Crippen LogP contribution in [-0.2, 0) is 36.3 Å². The molecule has 1 aliphatic heterocycles. The summed E-state index contributed by atoms with van der Waals surface area (Å²) in [5, 5.41) is 0.0875. The highest BCUT2D eigenvalue weighted by atomic mass is 32.2. The standard InChI is InChI=1S/C43H72O6S2Si2/c1-33(37(48-52(11,12)40(2,3)4)25-26-46-31-34-19-16-15-17-20-34)38(49-53(13,14)41(5,6)7)29-43(50-27-18-28-51-43)42(8,9)39(30-44)47-32-35-21-23-36(45-10)24-22-35/h15-17,19-24,30,33,37-39H,18,25-29,31-32H2,1-14H3/t33-,37+,38-,39+/m0/s1. The van der Waals surface area contributed by atoms with Crippen LogP contribution in [0, 0.1) is 11.3 Å². The molecule has 0 aromatic heterocycles. The molecule has 0 N–H and O–H groups in total. The van der Waals surface area contributed by atoms with Crippen molar-refractivity contribution in [2.24, 2.45) is 11.3 Å². The molecule has 2 aromatic carbocycles. The van der Waals surface area contributed by atoms with Gasteiger partial charge in [0.05, 0.1) is 36.6 Å². The average Bonchev–Trinajstić information content (AvgIpc) is 3.09. The number of carbonyl (C=O) groups excluding carboxylic acids is 1. The molecular formula is C43H72O6S2Si2. The van der Waals surface area contributed by atoms with Gasteiger partial charge in [-0.25, -0.2) is 0 Å². The molecule has 0 saturated carbocycles. The summed E-state index contributed by atoms with van der Waals surface area (Å²) in [6, 6.07) is 18.3. The maximum absolute atomic E-state index is 13.0. The number of ether oxygens (including phenoxy) is 3. The van der Waals surface area contributed by atoms with Crippen LogP contribution < -0.4 is 4.74 Å². The van der Waals surface area contributed by atoms with Gasteiger partial charge in [0.25, 0.3) is 0 Å². The van der Waals surface area contributed by atoms with E-state index in [1.807, 2.05) is 53.9 Å². The van der Waals surface area contributed by atoms with E-state index in [-0.39, 0.29) is 32.3 Å². The normalized spacial score (nSPS) is 18.2. The summed E-state index contributed by atoms with van der Waals surface area (Å²) in [4.78, 5) is 13.0. The SMILES string of the molecule is COc1ccc(CO[C@H](C=O)C(C)(C)C2(C[C@H](O[Si](C)(C)C(C)(C)C)[C@@H](C)[C@@H](CCOCc3ccccc3)O[Si](C)(C)C(C)(C)C)SCCCS2)cc1. The molecule has 0 spiro atoms. The van der Waals surface area contributed by atoms with E-state index in [4.69, 9.17) is 23.1 Å². The van der Waals surface area contributed by atoms with Crippen molar-refractivity contribution in [3.05, 3.63) is 65.7 Å². The first-order valence-electron chi connectivity index (χ1n) is 19.5. The van der Waals surface area contributed by atoms with Crippen molar-refractivity contribution in [3.8, 4) is 5.75 Å². The molecule has 0 bridgehead atoms. The van der Waals surface area contributed by atoms with Gasteiger partial charge >= 0.3 is 0 Å². The van der Waals surface area contributed by atoms with Crippen LogP contribution in [0.4, 0.5) is 0 Å². The third-order valence-electron chi connectivity index (χ3n) is 12.2. The molecule has 4 atom stereocenters. The van der Waals surface area contributed by atoms with Gasteiger partial charge in [0, 0.05) is 17.9 Å². The molecule has 0 amide bonds. The van der Waals surface area contributed by atoms with E-state index < -0.39 is 28.2 Å². The Morgan fingerprint density at radius 2 is 1.30 bits per heavy atom. The number of hydrogen-bond donors (Lipinski definition) is 0. The van der Waals surface area contributed by atoms with Gasteiger partial charge in [-0.2, -0.15) is 0 Å². The maximum atomic E-state index is 13.0. The molecule has 0 radical (unpaired) electrons. The average molecular weight is 805 g/mol. The van der Waals surface area contributed by atoms with Gasteiger partial charge in [0.15, 0.2) is 16.6 Å². The van der Waals surface area contributed by atoms with E-state index in [2.05, 4.69) is 113 Å². The second-order valence-corrected chi connectivity index (χ2v) is 31.0. The molecule has 3 rings (SSSR count). The molecule has 0 aliphatic carbocycles. The lowest BCUT2D eigenvalue weighted by Gasteiger charge is -2.53. The Morgan fingerprint density at radius 1 is 0.774 bits per heavy atom. The molecule has 6 nitrogen and oxygen atoms in total. The molecule has 1 fully saturated rings. The predicted molar refractivity (Wildman–Crippen MR) is 232 cm³/mol. The monoisotopic (exact) mass is 804 g/mol. The molecular weight excluding hydrogens is 733 g/mol. The smallest absolute Gasteiger partial charge is 0.192 e. The zero-order valence-electron chi connectivity index (χ0n) is 35.5. The van der Waals surface area contributed by atoms with E-state index in [0.717, 1.165) is 48.4 Å². The van der Waals surface area contributed by atoms with Crippen molar-refractivity contribution in [3.63, 3.8) is 0 Å². The maximum Gasteiger partial charge on any atom is 0.192 e. The Hall–Kier alpha value is -1.12. The fourth-order valence-electron chi connectivity index (χ4n) is 6.21. The van der Waals surface area contributed by atoms with Gasteiger partial charge in [-0.15, -0.1) is 23.5 Å². The Balaban J connectivity index is 2.01. The number of benzene rings is 2. The van der Waals surface area contributed by atoms with Crippen LogP contribution in [0.2, 0.25) is 36.3 Å². The third-order valence-corrected chi connectivity index (χ3v) is 25.2. The van der Waals surface area contributed by atoms with Crippen molar-refractivity contribution in [2.75, 3.05) is 25.2 Å². The van der Waals surface area contributed by atoms with Gasteiger partial charge < -0.3 is 27.9 Å². The number of methoxy groups -OCH3 is 1. The van der Waals surface area contributed by atoms with E-state index in [0.29, 0.717) is 19.8 Å². The second kappa shape index (κ2) is 19.4. The van der Waals surface area contributed by atoms with Gasteiger partial charge in [0.2, 0.25) is 0 Å². The Bertz CT molecular complexity index is 1380. The summed E-state index contributed by atoms with van der Waals surface area (Å²) in [5.74, 6) is 2.97. The minimum atomic E-state index is -2.24. The quantitative estimate of drug-likeness (QED) is 0.0745. The van der Waals surface area contributed by atoms with Crippen molar-refractivity contribution in [1.82, 2.24) is 0 Å². The summed E-state index contributed by atoms with van der Waals surface area (Å²) >= 11 is 4.00. The molecule has 1 saturated heterocycles. The lowest BCUT2D eigenvalue weighted by Crippen LogP contribution is -2.56. The number of thioether (sulfide) groups is 2. The van der Waals surface area contributed by atoms with Crippen LogP contribution in [0.1, 0.15) is 92.7 Å². The van der Waals surface area contributed by atoms with Crippen LogP contribution in [0.5, 0.6) is 5.75 Å². The van der Waals surface area contributed by atoms with Gasteiger partial charge in [0.1, 0.15) is 18.1 Å². The highest BCUT2D eigenvalue weighted by Crippen LogP contribution is 2.59. The summed E-state index contributed by atoms with van der Waals surface area (Å²) in [6.45, 7) is 31.7. The minimum Gasteiger partial charge on any atom is -0.497 e. The van der Waals surface area contributed by atoms with Crippen molar-refractivity contribution >= 4 is 46.4 Å². The summed E-state index contributed by atoms with van der Waals surface area (Å²) in [5.41, 5.74) is 1.69. The molecule has 10 heteroatoms. The number of aldehydes is 1. The zero-order chi connectivity index (χ0) is 39.7. The summed E-state index contributed by atoms with van der Waals surface area (Å²) in [7, 11) is -2.73. The Labute approximate surface area is 334 Å². The number of carbonyl (C=O) groups is 1. The first-order valence-corrected chi connectivity index (χ1v) is 27.3. The highest BCUT2D eigenvalue weighted by molar-refractivity contribution is 8.18. The van der Waals surface area contributed by atoms with E-state index in [9.17, 15) is 4.79 Å². The van der Waals surface area contributed by atoms with Crippen molar-refractivity contribution in [2.45, 2.75) is 153 Å². The highest BCUT2D eigenvalue weighted by Gasteiger charge is 2.55. The zero-order valence-corrected chi connectivity index (χ0v) is 39.1. The fraction of sp³-hybridized carbons (Fsp3) is 0.698. The lowest BCUT2D eigenvalue weighted by atomic mass is 9.78. The fourth-order valence-corrected chi connectivity index (χ4v) is 12.9. The van der Waals surface area contributed by atoms with Gasteiger partial charge in [-0.05, 0) is 90.3 Å². The first kappa shape index (κ1) is 46.3. The van der Waals surface area contributed by atoms with Crippen LogP contribution in [0.15, 0.2) is 54.6 Å².